The molecule has 28 heavy (non-hydrogen) atoms. The zero-order valence-electron chi connectivity index (χ0n) is 14.7. The van der Waals surface area contributed by atoms with Crippen molar-refractivity contribution < 1.29 is 33.3 Å². The van der Waals surface area contributed by atoms with Crippen LogP contribution >= 0.6 is 15.2 Å². The Morgan fingerprint density at radius 1 is 0.714 bits per heavy atom. The standard InChI is InChI=1S/C19H19NO6P2/c21-27(22,23)19(28(24,25)26)14-20-11-5-10-18(13-20)17-9-4-8-16(12-17)15-6-2-1-3-7-15/h1-13,19H,14H2,(H3-,21,22,23,24,25,26)/p+1. The molecule has 0 saturated carbocycles. The van der Waals surface area contributed by atoms with Crippen LogP contribution in [0.25, 0.3) is 22.3 Å². The summed E-state index contributed by atoms with van der Waals surface area (Å²) in [6.45, 7) is -0.499. The fourth-order valence-corrected chi connectivity index (χ4v) is 5.28. The van der Waals surface area contributed by atoms with Crippen LogP contribution in [0.5, 0.6) is 0 Å². The summed E-state index contributed by atoms with van der Waals surface area (Å²) in [5.74, 6) is 0. The van der Waals surface area contributed by atoms with Crippen LogP contribution in [0.2, 0.25) is 0 Å². The third-order valence-electron chi connectivity index (χ3n) is 4.31. The first-order chi connectivity index (χ1) is 13.1. The summed E-state index contributed by atoms with van der Waals surface area (Å²) in [7, 11) is -9.96. The van der Waals surface area contributed by atoms with Gasteiger partial charge in [0.05, 0.1) is 0 Å². The lowest BCUT2D eigenvalue weighted by molar-refractivity contribution is -0.694. The van der Waals surface area contributed by atoms with Crippen molar-refractivity contribution in [3.8, 4) is 22.3 Å². The molecule has 0 aliphatic rings. The van der Waals surface area contributed by atoms with Gasteiger partial charge in [0.25, 0.3) is 0 Å². The average Bonchev–Trinajstić information content (AvgIpc) is 2.65. The maximum atomic E-state index is 11.5. The van der Waals surface area contributed by atoms with Gasteiger partial charge in [0.15, 0.2) is 18.9 Å². The van der Waals surface area contributed by atoms with Gasteiger partial charge in [-0.05, 0) is 28.8 Å². The van der Waals surface area contributed by atoms with Crippen LogP contribution in [-0.2, 0) is 15.7 Å². The molecule has 3 aromatic rings. The number of nitrogens with zero attached hydrogens (tertiary/aromatic N) is 1. The molecule has 0 amide bonds. The highest BCUT2D eigenvalue weighted by Gasteiger charge is 2.46. The zero-order chi connectivity index (χ0) is 20.4. The first-order valence-corrected chi connectivity index (χ1v) is 11.8. The molecule has 1 aromatic heterocycles. The number of pyridine rings is 1. The molecule has 1 heterocycles. The minimum atomic E-state index is -4.98. The van der Waals surface area contributed by atoms with E-state index in [-0.39, 0.29) is 0 Å². The lowest BCUT2D eigenvalue weighted by Gasteiger charge is -2.16. The largest absolute Gasteiger partial charge is 0.347 e. The van der Waals surface area contributed by atoms with E-state index in [1.807, 2.05) is 60.7 Å². The van der Waals surface area contributed by atoms with Gasteiger partial charge >= 0.3 is 15.2 Å². The van der Waals surface area contributed by atoms with Crippen LogP contribution in [0.15, 0.2) is 79.1 Å². The molecule has 4 N–H and O–H groups in total. The normalized spacial score (nSPS) is 12.3. The molecular formula is C19H20NO6P2+. The average molecular weight is 420 g/mol. The van der Waals surface area contributed by atoms with E-state index in [4.69, 9.17) is 0 Å². The molecule has 0 atom stereocenters. The number of rotatable bonds is 6. The highest BCUT2D eigenvalue weighted by atomic mass is 31.2. The third kappa shape index (κ3) is 5.03. The van der Waals surface area contributed by atoms with Crippen molar-refractivity contribution >= 4 is 15.2 Å². The van der Waals surface area contributed by atoms with Crippen molar-refractivity contribution in [3.05, 3.63) is 79.1 Å². The molecule has 0 unspecified atom stereocenters. The van der Waals surface area contributed by atoms with E-state index in [1.54, 1.807) is 12.3 Å². The van der Waals surface area contributed by atoms with E-state index >= 15 is 0 Å². The van der Waals surface area contributed by atoms with Gasteiger partial charge in [0, 0.05) is 11.6 Å². The lowest BCUT2D eigenvalue weighted by Crippen LogP contribution is -2.39. The molecule has 0 aliphatic carbocycles. The number of hydrogen-bond acceptors (Lipinski definition) is 2. The van der Waals surface area contributed by atoms with E-state index in [9.17, 15) is 28.7 Å². The Balaban J connectivity index is 1.94. The second-order valence-electron chi connectivity index (χ2n) is 6.40. The highest BCUT2D eigenvalue weighted by molar-refractivity contribution is 7.70. The third-order valence-corrected chi connectivity index (χ3v) is 8.00. The number of benzene rings is 2. The maximum Gasteiger partial charge on any atom is 0.347 e. The summed E-state index contributed by atoms with van der Waals surface area (Å²) in [6, 6.07) is 21.1. The Kier molecular flexibility index (Phi) is 5.96. The Morgan fingerprint density at radius 2 is 1.25 bits per heavy atom. The summed E-state index contributed by atoms with van der Waals surface area (Å²) in [6.07, 6.45) is 3.13. The summed E-state index contributed by atoms with van der Waals surface area (Å²) < 4.78 is 24.4. The second-order valence-corrected chi connectivity index (χ2v) is 10.4. The van der Waals surface area contributed by atoms with Gasteiger partial charge in [0.1, 0.15) is 0 Å². The molecule has 0 radical (unpaired) electrons. The van der Waals surface area contributed by atoms with Gasteiger partial charge in [-0.25, -0.2) is 4.57 Å². The molecule has 7 nitrogen and oxygen atoms in total. The predicted octanol–water partition coefficient (Wildman–Crippen LogP) is 2.99. The smallest absolute Gasteiger partial charge is 0.324 e. The summed E-state index contributed by atoms with van der Waals surface area (Å²) in [4.78, 5) is 37.3. The molecule has 0 bridgehead atoms. The Bertz CT molecular complexity index is 1040. The van der Waals surface area contributed by atoms with Gasteiger partial charge in [0.2, 0.25) is 5.40 Å². The van der Waals surface area contributed by atoms with Crippen LogP contribution in [0.3, 0.4) is 0 Å². The minimum Gasteiger partial charge on any atom is -0.324 e. The number of aromatic nitrogens is 1. The van der Waals surface area contributed by atoms with Crippen LogP contribution in [-0.4, -0.2) is 25.0 Å². The molecule has 0 fully saturated rings. The maximum absolute atomic E-state index is 11.5. The van der Waals surface area contributed by atoms with Crippen molar-refractivity contribution in [2.45, 2.75) is 11.9 Å². The van der Waals surface area contributed by atoms with Gasteiger partial charge in [-0.15, -0.1) is 0 Å². The molecule has 2 aromatic carbocycles. The summed E-state index contributed by atoms with van der Waals surface area (Å²) >= 11 is 0. The lowest BCUT2D eigenvalue weighted by atomic mass is 10.00. The van der Waals surface area contributed by atoms with E-state index in [0.717, 1.165) is 22.3 Å². The van der Waals surface area contributed by atoms with E-state index in [2.05, 4.69) is 0 Å². The van der Waals surface area contributed by atoms with Crippen molar-refractivity contribution in [1.82, 2.24) is 0 Å². The summed E-state index contributed by atoms with van der Waals surface area (Å²) in [5, 5.41) is -2.09. The van der Waals surface area contributed by atoms with Crippen LogP contribution in [0.4, 0.5) is 0 Å². The van der Waals surface area contributed by atoms with Crippen molar-refractivity contribution in [1.29, 1.82) is 0 Å². The van der Waals surface area contributed by atoms with Gasteiger partial charge < -0.3 is 19.6 Å². The SMILES string of the molecule is O=P(O)(O)C(C[n+]1cccc(-c2cccc(-c3ccccc3)c2)c1)P(=O)(O)O. The van der Waals surface area contributed by atoms with Crippen LogP contribution < -0.4 is 4.57 Å². The zero-order valence-corrected chi connectivity index (χ0v) is 16.5. The Hall–Kier alpha value is -2.11. The van der Waals surface area contributed by atoms with Gasteiger partial charge in [-0.2, -0.15) is 0 Å². The Morgan fingerprint density at radius 3 is 1.86 bits per heavy atom. The fraction of sp³-hybridized carbons (Fsp3) is 0.105. The minimum absolute atomic E-state index is 0.499. The molecule has 0 aliphatic heterocycles. The van der Waals surface area contributed by atoms with E-state index in [1.165, 1.54) is 10.8 Å². The summed E-state index contributed by atoms with van der Waals surface area (Å²) in [5.41, 5.74) is 3.70. The van der Waals surface area contributed by atoms with Gasteiger partial charge in [-0.3, -0.25) is 9.13 Å². The van der Waals surface area contributed by atoms with Gasteiger partial charge in [-0.1, -0.05) is 48.5 Å². The second kappa shape index (κ2) is 8.10. The molecule has 3 rings (SSSR count). The van der Waals surface area contributed by atoms with Crippen LogP contribution in [0.1, 0.15) is 0 Å². The predicted molar refractivity (Wildman–Crippen MR) is 105 cm³/mol. The quantitative estimate of drug-likeness (QED) is 0.360. The highest BCUT2D eigenvalue weighted by Crippen LogP contribution is 2.59. The Labute approximate surface area is 162 Å². The number of hydrogen-bond donors (Lipinski definition) is 4. The monoisotopic (exact) mass is 420 g/mol. The van der Waals surface area contributed by atoms with E-state index < -0.39 is 27.1 Å². The first-order valence-electron chi connectivity index (χ1n) is 8.40. The fourth-order valence-electron chi connectivity index (χ4n) is 2.91. The molecule has 9 heteroatoms. The van der Waals surface area contributed by atoms with E-state index in [0.29, 0.717) is 0 Å². The molecular weight excluding hydrogens is 400 g/mol. The molecule has 0 saturated heterocycles. The first kappa shape index (κ1) is 20.6. The van der Waals surface area contributed by atoms with Crippen molar-refractivity contribution in [2.75, 3.05) is 0 Å². The topological polar surface area (TPSA) is 119 Å². The molecule has 146 valence electrons. The molecule has 0 spiro atoms. The van der Waals surface area contributed by atoms with Crippen molar-refractivity contribution in [2.24, 2.45) is 0 Å². The van der Waals surface area contributed by atoms with Crippen LogP contribution in [0, 0.1) is 0 Å². The van der Waals surface area contributed by atoms with Crippen molar-refractivity contribution in [3.63, 3.8) is 0 Å².